The molecular weight excluding hydrogens is 450 g/mol. The SMILES string of the molecule is CCCCCCCCCCCCCCC(O)C(CO)NC(=O)C(O)CCCCCCCCCCCC. The van der Waals surface area contributed by atoms with Crippen LogP contribution in [0.1, 0.15) is 168 Å². The topological polar surface area (TPSA) is 89.8 Å². The van der Waals surface area contributed by atoms with Gasteiger partial charge in [-0.15, -0.1) is 0 Å². The third kappa shape index (κ3) is 22.5. The van der Waals surface area contributed by atoms with Crippen molar-refractivity contribution >= 4 is 5.91 Å². The summed E-state index contributed by atoms with van der Waals surface area (Å²) >= 11 is 0. The van der Waals surface area contributed by atoms with Gasteiger partial charge in [-0.05, 0) is 12.8 Å². The fraction of sp³-hybridized carbons (Fsp3) is 0.968. The van der Waals surface area contributed by atoms with Gasteiger partial charge in [0.05, 0.1) is 18.8 Å². The maximum atomic E-state index is 12.3. The van der Waals surface area contributed by atoms with Crippen molar-refractivity contribution in [3.63, 3.8) is 0 Å². The van der Waals surface area contributed by atoms with Crippen LogP contribution in [-0.4, -0.2) is 46.1 Å². The first-order valence-corrected chi connectivity index (χ1v) is 15.8. The van der Waals surface area contributed by atoms with Crippen LogP contribution in [0.3, 0.4) is 0 Å². The van der Waals surface area contributed by atoms with Gasteiger partial charge in [0.2, 0.25) is 5.91 Å². The van der Waals surface area contributed by atoms with Crippen LogP contribution in [0, 0.1) is 0 Å². The lowest BCUT2D eigenvalue weighted by atomic mass is 10.0. The highest BCUT2D eigenvalue weighted by Crippen LogP contribution is 2.15. The van der Waals surface area contributed by atoms with Crippen LogP contribution in [0.5, 0.6) is 0 Å². The zero-order chi connectivity index (χ0) is 26.7. The molecular formula is C31H63NO4. The summed E-state index contributed by atoms with van der Waals surface area (Å²) in [5, 5.41) is 32.9. The number of hydrogen-bond acceptors (Lipinski definition) is 4. The van der Waals surface area contributed by atoms with Crippen LogP contribution < -0.4 is 5.32 Å². The first kappa shape index (κ1) is 35.4. The molecule has 0 spiro atoms. The molecule has 0 rings (SSSR count). The van der Waals surface area contributed by atoms with E-state index in [0.717, 1.165) is 32.1 Å². The number of aliphatic hydroxyl groups is 3. The zero-order valence-corrected chi connectivity index (χ0v) is 24.2. The molecule has 0 radical (unpaired) electrons. The van der Waals surface area contributed by atoms with Gasteiger partial charge in [-0.2, -0.15) is 0 Å². The van der Waals surface area contributed by atoms with E-state index in [1.165, 1.54) is 109 Å². The van der Waals surface area contributed by atoms with E-state index < -0.39 is 24.2 Å². The van der Waals surface area contributed by atoms with Crippen molar-refractivity contribution in [2.75, 3.05) is 6.61 Å². The number of hydrogen-bond donors (Lipinski definition) is 4. The van der Waals surface area contributed by atoms with E-state index in [1.807, 2.05) is 0 Å². The highest BCUT2D eigenvalue weighted by atomic mass is 16.3. The Labute approximate surface area is 224 Å². The Hall–Kier alpha value is -0.650. The number of unbranched alkanes of at least 4 members (excludes halogenated alkanes) is 20. The van der Waals surface area contributed by atoms with Gasteiger partial charge in [0, 0.05) is 0 Å². The fourth-order valence-electron chi connectivity index (χ4n) is 4.89. The number of carbonyl (C=O) groups excluding carboxylic acids is 1. The van der Waals surface area contributed by atoms with Crippen LogP contribution in [0.25, 0.3) is 0 Å². The molecule has 0 aromatic rings. The van der Waals surface area contributed by atoms with Crippen LogP contribution in [0.2, 0.25) is 0 Å². The van der Waals surface area contributed by atoms with Crippen molar-refractivity contribution in [2.45, 2.75) is 186 Å². The smallest absolute Gasteiger partial charge is 0.249 e. The van der Waals surface area contributed by atoms with E-state index in [2.05, 4.69) is 19.2 Å². The van der Waals surface area contributed by atoms with Crippen molar-refractivity contribution < 1.29 is 20.1 Å². The molecule has 0 saturated heterocycles. The van der Waals surface area contributed by atoms with E-state index in [0.29, 0.717) is 12.8 Å². The van der Waals surface area contributed by atoms with Crippen LogP contribution in [-0.2, 0) is 4.79 Å². The lowest BCUT2D eigenvalue weighted by Gasteiger charge is -2.23. The molecule has 0 heterocycles. The van der Waals surface area contributed by atoms with Gasteiger partial charge in [-0.1, -0.05) is 155 Å². The maximum Gasteiger partial charge on any atom is 0.249 e. The van der Waals surface area contributed by atoms with E-state index in [4.69, 9.17) is 0 Å². The second-order valence-electron chi connectivity index (χ2n) is 11.0. The van der Waals surface area contributed by atoms with Gasteiger partial charge in [-0.3, -0.25) is 4.79 Å². The zero-order valence-electron chi connectivity index (χ0n) is 24.2. The Kier molecular flexibility index (Phi) is 26.9. The van der Waals surface area contributed by atoms with Gasteiger partial charge < -0.3 is 20.6 Å². The summed E-state index contributed by atoms with van der Waals surface area (Å²) in [6.07, 6.45) is 26.5. The van der Waals surface area contributed by atoms with Crippen molar-refractivity contribution in [3.05, 3.63) is 0 Å². The van der Waals surface area contributed by atoms with E-state index in [1.54, 1.807) is 0 Å². The Morgan fingerprint density at radius 3 is 1.25 bits per heavy atom. The highest BCUT2D eigenvalue weighted by Gasteiger charge is 2.23. The molecule has 36 heavy (non-hydrogen) atoms. The first-order valence-electron chi connectivity index (χ1n) is 15.8. The van der Waals surface area contributed by atoms with Gasteiger partial charge in [0.25, 0.3) is 0 Å². The molecule has 0 aromatic carbocycles. The van der Waals surface area contributed by atoms with Crippen molar-refractivity contribution in [3.8, 4) is 0 Å². The van der Waals surface area contributed by atoms with Crippen LogP contribution in [0.4, 0.5) is 0 Å². The molecule has 216 valence electrons. The quantitative estimate of drug-likeness (QED) is 0.0811. The summed E-state index contributed by atoms with van der Waals surface area (Å²) in [5.41, 5.74) is 0. The minimum atomic E-state index is -1.06. The molecule has 0 aliphatic carbocycles. The summed E-state index contributed by atoms with van der Waals surface area (Å²) in [4.78, 5) is 12.3. The Bertz CT molecular complexity index is 460. The predicted molar refractivity (Wildman–Crippen MR) is 153 cm³/mol. The molecule has 3 atom stereocenters. The van der Waals surface area contributed by atoms with Gasteiger partial charge in [-0.25, -0.2) is 0 Å². The van der Waals surface area contributed by atoms with Crippen molar-refractivity contribution in [1.29, 1.82) is 0 Å². The minimum Gasteiger partial charge on any atom is -0.394 e. The van der Waals surface area contributed by atoms with Crippen LogP contribution >= 0.6 is 0 Å². The van der Waals surface area contributed by atoms with Gasteiger partial charge in [0.15, 0.2) is 0 Å². The number of nitrogens with one attached hydrogen (secondary N) is 1. The molecule has 0 saturated carbocycles. The second kappa shape index (κ2) is 27.4. The number of amides is 1. The summed E-state index contributed by atoms with van der Waals surface area (Å²) in [6, 6.07) is -0.701. The molecule has 3 unspecified atom stereocenters. The van der Waals surface area contributed by atoms with Gasteiger partial charge >= 0.3 is 0 Å². The molecule has 0 aliphatic rings. The molecule has 0 fully saturated rings. The normalized spacial score (nSPS) is 14.0. The third-order valence-electron chi connectivity index (χ3n) is 7.48. The van der Waals surface area contributed by atoms with Crippen molar-refractivity contribution in [2.24, 2.45) is 0 Å². The number of rotatable bonds is 28. The second-order valence-corrected chi connectivity index (χ2v) is 11.0. The Morgan fingerprint density at radius 2 is 0.889 bits per heavy atom. The molecule has 4 N–H and O–H groups in total. The summed E-state index contributed by atoms with van der Waals surface area (Å²) in [6.45, 7) is 4.18. The lowest BCUT2D eigenvalue weighted by molar-refractivity contribution is -0.131. The monoisotopic (exact) mass is 513 g/mol. The van der Waals surface area contributed by atoms with Crippen molar-refractivity contribution in [1.82, 2.24) is 5.32 Å². The predicted octanol–water partition coefficient (Wildman–Crippen LogP) is 7.59. The molecule has 0 aliphatic heterocycles. The molecule has 0 bridgehead atoms. The number of carbonyl (C=O) groups is 1. The minimum absolute atomic E-state index is 0.309. The third-order valence-corrected chi connectivity index (χ3v) is 7.48. The maximum absolute atomic E-state index is 12.3. The van der Waals surface area contributed by atoms with Crippen LogP contribution in [0.15, 0.2) is 0 Å². The summed E-state index contributed by atoms with van der Waals surface area (Å²) in [5.74, 6) is -0.473. The average molecular weight is 514 g/mol. The van der Waals surface area contributed by atoms with E-state index in [-0.39, 0.29) is 6.61 Å². The standard InChI is InChI=1S/C31H63NO4/c1-3-5-7-9-11-13-15-16-18-19-21-23-25-29(34)28(27-33)32-31(36)30(35)26-24-22-20-17-14-12-10-8-6-4-2/h28-30,33-35H,3-27H2,1-2H3,(H,32,36). The average Bonchev–Trinajstić information content (AvgIpc) is 2.88. The first-order chi connectivity index (χ1) is 17.6. The van der Waals surface area contributed by atoms with E-state index >= 15 is 0 Å². The lowest BCUT2D eigenvalue weighted by Crippen LogP contribution is -2.49. The molecule has 5 nitrogen and oxygen atoms in total. The molecule has 0 aromatic heterocycles. The summed E-state index contributed by atoms with van der Waals surface area (Å²) in [7, 11) is 0. The Balaban J connectivity index is 3.73. The molecule has 1 amide bonds. The fourth-order valence-corrected chi connectivity index (χ4v) is 4.89. The molecule has 5 heteroatoms. The largest absolute Gasteiger partial charge is 0.394 e. The number of aliphatic hydroxyl groups excluding tert-OH is 3. The highest BCUT2D eigenvalue weighted by molar-refractivity contribution is 5.80. The van der Waals surface area contributed by atoms with E-state index in [9.17, 15) is 20.1 Å². The van der Waals surface area contributed by atoms with Gasteiger partial charge in [0.1, 0.15) is 6.10 Å². The summed E-state index contributed by atoms with van der Waals surface area (Å²) < 4.78 is 0. The Morgan fingerprint density at radius 1 is 0.556 bits per heavy atom.